The Morgan fingerprint density at radius 3 is 2.21 bits per heavy atom. The van der Waals surface area contributed by atoms with Crippen LogP contribution in [0.15, 0.2) is 30.3 Å². The molecule has 1 aromatic rings. The first-order valence-corrected chi connectivity index (χ1v) is 6.52. The summed E-state index contributed by atoms with van der Waals surface area (Å²) in [5.74, 6) is -0.212. The van der Waals surface area contributed by atoms with Gasteiger partial charge in [0.05, 0.1) is 0 Å². The number of carbonyl (C=O) groups excluding carboxylic acids is 2. The van der Waals surface area contributed by atoms with Gasteiger partial charge < -0.3 is 10.6 Å². The van der Waals surface area contributed by atoms with E-state index in [0.29, 0.717) is 6.42 Å². The number of piperazine rings is 1. The minimum Gasteiger partial charge on any atom is -0.342 e. The maximum atomic E-state index is 12.1. The van der Waals surface area contributed by atoms with Crippen molar-refractivity contribution in [2.75, 3.05) is 0 Å². The molecule has 1 aromatic carbocycles. The first-order valence-electron chi connectivity index (χ1n) is 6.52. The average Bonchev–Trinajstić information content (AvgIpc) is 2.33. The van der Waals surface area contributed by atoms with Crippen LogP contribution in [0.4, 0.5) is 0 Å². The molecule has 2 N–H and O–H groups in total. The van der Waals surface area contributed by atoms with E-state index < -0.39 is 12.1 Å². The smallest absolute Gasteiger partial charge is 0.243 e. The Kier molecular flexibility index (Phi) is 3.60. The molecule has 0 bridgehead atoms. The zero-order valence-electron chi connectivity index (χ0n) is 11.6. The van der Waals surface area contributed by atoms with Crippen molar-refractivity contribution in [3.05, 3.63) is 35.9 Å². The van der Waals surface area contributed by atoms with E-state index in [0.717, 1.165) is 5.56 Å². The number of carbonyl (C=O) groups is 2. The van der Waals surface area contributed by atoms with E-state index in [4.69, 9.17) is 0 Å². The van der Waals surface area contributed by atoms with Gasteiger partial charge in [-0.25, -0.2) is 0 Å². The van der Waals surface area contributed by atoms with Gasteiger partial charge in [0.25, 0.3) is 0 Å². The zero-order chi connectivity index (χ0) is 14.0. The number of amides is 2. The fraction of sp³-hybridized carbons (Fsp3) is 0.467. The SMILES string of the molecule is CC(C)(C)C1NC(=O)C(Cc2ccccc2)NC1=O. The summed E-state index contributed by atoms with van der Waals surface area (Å²) < 4.78 is 0. The molecule has 1 fully saturated rings. The highest BCUT2D eigenvalue weighted by atomic mass is 16.2. The van der Waals surface area contributed by atoms with E-state index in [-0.39, 0.29) is 17.2 Å². The van der Waals surface area contributed by atoms with Crippen molar-refractivity contribution in [3.8, 4) is 0 Å². The summed E-state index contributed by atoms with van der Waals surface area (Å²) in [6, 6.07) is 8.75. The quantitative estimate of drug-likeness (QED) is 0.841. The van der Waals surface area contributed by atoms with Crippen molar-refractivity contribution >= 4 is 11.8 Å². The molecule has 2 rings (SSSR count). The van der Waals surface area contributed by atoms with Crippen LogP contribution in [0.5, 0.6) is 0 Å². The summed E-state index contributed by atoms with van der Waals surface area (Å²) >= 11 is 0. The lowest BCUT2D eigenvalue weighted by molar-refractivity contribution is -0.139. The minimum absolute atomic E-state index is 0.104. The average molecular weight is 260 g/mol. The molecule has 0 radical (unpaired) electrons. The summed E-state index contributed by atoms with van der Waals surface area (Å²) in [6.45, 7) is 5.82. The molecule has 0 saturated carbocycles. The second-order valence-corrected chi connectivity index (χ2v) is 6.06. The normalized spacial score (nSPS) is 23.7. The molecular formula is C15H20N2O2. The fourth-order valence-corrected chi connectivity index (χ4v) is 2.23. The number of rotatable bonds is 2. The number of benzene rings is 1. The molecule has 19 heavy (non-hydrogen) atoms. The van der Waals surface area contributed by atoms with Gasteiger partial charge in [-0.2, -0.15) is 0 Å². The van der Waals surface area contributed by atoms with E-state index >= 15 is 0 Å². The molecule has 1 saturated heterocycles. The van der Waals surface area contributed by atoms with E-state index in [1.807, 2.05) is 51.1 Å². The Labute approximate surface area is 113 Å². The summed E-state index contributed by atoms with van der Waals surface area (Å²) in [5, 5.41) is 5.65. The van der Waals surface area contributed by atoms with E-state index in [1.54, 1.807) is 0 Å². The lowest BCUT2D eigenvalue weighted by Crippen LogP contribution is -2.65. The number of hydrogen-bond acceptors (Lipinski definition) is 2. The Bertz CT molecular complexity index is 477. The van der Waals surface area contributed by atoms with Crippen LogP contribution < -0.4 is 10.6 Å². The number of nitrogens with one attached hydrogen (secondary N) is 2. The second-order valence-electron chi connectivity index (χ2n) is 6.06. The molecule has 4 nitrogen and oxygen atoms in total. The monoisotopic (exact) mass is 260 g/mol. The van der Waals surface area contributed by atoms with Gasteiger partial charge in [0, 0.05) is 6.42 Å². The van der Waals surface area contributed by atoms with Gasteiger partial charge in [0.15, 0.2) is 0 Å². The van der Waals surface area contributed by atoms with Crippen LogP contribution in [-0.4, -0.2) is 23.9 Å². The molecule has 0 aliphatic carbocycles. The van der Waals surface area contributed by atoms with Gasteiger partial charge >= 0.3 is 0 Å². The second kappa shape index (κ2) is 5.03. The molecule has 2 atom stereocenters. The van der Waals surface area contributed by atoms with E-state index in [2.05, 4.69) is 10.6 Å². The minimum atomic E-state index is -0.478. The van der Waals surface area contributed by atoms with Crippen molar-refractivity contribution < 1.29 is 9.59 Å². The fourth-order valence-electron chi connectivity index (χ4n) is 2.23. The molecule has 2 unspecified atom stereocenters. The van der Waals surface area contributed by atoms with Crippen LogP contribution in [0.25, 0.3) is 0 Å². The highest BCUT2D eigenvalue weighted by molar-refractivity contribution is 5.97. The van der Waals surface area contributed by atoms with Crippen LogP contribution in [0.3, 0.4) is 0 Å². The van der Waals surface area contributed by atoms with Gasteiger partial charge in [-0.05, 0) is 11.0 Å². The van der Waals surface area contributed by atoms with Crippen LogP contribution in [0.1, 0.15) is 26.3 Å². The van der Waals surface area contributed by atoms with Crippen molar-refractivity contribution in [2.24, 2.45) is 5.41 Å². The zero-order valence-corrected chi connectivity index (χ0v) is 11.6. The molecule has 102 valence electrons. The summed E-state index contributed by atoms with van der Waals surface area (Å²) in [7, 11) is 0. The molecule has 4 heteroatoms. The van der Waals surface area contributed by atoms with Crippen LogP contribution >= 0.6 is 0 Å². The third kappa shape index (κ3) is 3.13. The third-order valence-electron chi connectivity index (χ3n) is 3.33. The van der Waals surface area contributed by atoms with Crippen molar-refractivity contribution in [2.45, 2.75) is 39.3 Å². The molecule has 1 aliphatic heterocycles. The maximum Gasteiger partial charge on any atom is 0.243 e. The molecule has 1 heterocycles. The summed E-state index contributed by atoms with van der Waals surface area (Å²) in [6.07, 6.45) is 0.523. The molecular weight excluding hydrogens is 240 g/mol. The molecule has 1 aliphatic rings. The van der Waals surface area contributed by atoms with Crippen molar-refractivity contribution in [1.29, 1.82) is 0 Å². The first kappa shape index (κ1) is 13.6. The predicted molar refractivity (Wildman–Crippen MR) is 73.5 cm³/mol. The molecule has 0 aromatic heterocycles. The van der Waals surface area contributed by atoms with Gasteiger partial charge in [-0.15, -0.1) is 0 Å². The summed E-state index contributed by atoms with van der Waals surface area (Å²) in [5.41, 5.74) is 0.759. The Morgan fingerprint density at radius 2 is 1.63 bits per heavy atom. The highest BCUT2D eigenvalue weighted by Crippen LogP contribution is 2.21. The summed E-state index contributed by atoms with van der Waals surface area (Å²) in [4.78, 5) is 24.1. The lowest BCUT2D eigenvalue weighted by atomic mass is 9.84. The van der Waals surface area contributed by atoms with Gasteiger partial charge in [0.1, 0.15) is 12.1 Å². The van der Waals surface area contributed by atoms with Crippen molar-refractivity contribution in [3.63, 3.8) is 0 Å². The van der Waals surface area contributed by atoms with Crippen LogP contribution in [-0.2, 0) is 16.0 Å². The van der Waals surface area contributed by atoms with Crippen LogP contribution in [0, 0.1) is 5.41 Å². The maximum absolute atomic E-state index is 12.1. The first-order chi connectivity index (χ1) is 8.88. The standard InChI is InChI=1S/C15H20N2O2/c1-15(2,3)12-14(19)16-11(13(18)17-12)9-10-7-5-4-6-8-10/h4-8,11-12H,9H2,1-3H3,(H,16,19)(H,17,18). The van der Waals surface area contributed by atoms with Crippen molar-refractivity contribution in [1.82, 2.24) is 10.6 Å². The van der Waals surface area contributed by atoms with Gasteiger partial charge in [-0.3, -0.25) is 9.59 Å². The largest absolute Gasteiger partial charge is 0.342 e. The Hall–Kier alpha value is -1.84. The topological polar surface area (TPSA) is 58.2 Å². The molecule has 2 amide bonds. The van der Waals surface area contributed by atoms with Gasteiger partial charge in [0.2, 0.25) is 11.8 Å². The molecule has 0 spiro atoms. The Morgan fingerprint density at radius 1 is 1.00 bits per heavy atom. The van der Waals surface area contributed by atoms with Crippen LogP contribution in [0.2, 0.25) is 0 Å². The van der Waals surface area contributed by atoms with Gasteiger partial charge in [-0.1, -0.05) is 51.1 Å². The third-order valence-corrected chi connectivity index (χ3v) is 3.33. The Balaban J connectivity index is 2.07. The predicted octanol–water partition coefficient (Wildman–Crippen LogP) is 1.26. The highest BCUT2D eigenvalue weighted by Gasteiger charge is 2.39. The number of hydrogen-bond donors (Lipinski definition) is 2. The lowest BCUT2D eigenvalue weighted by Gasteiger charge is -2.36. The van der Waals surface area contributed by atoms with E-state index in [9.17, 15) is 9.59 Å². The van der Waals surface area contributed by atoms with E-state index in [1.165, 1.54) is 0 Å².